The van der Waals surface area contributed by atoms with E-state index in [0.717, 1.165) is 11.4 Å². The number of amides is 1. The predicted octanol–water partition coefficient (Wildman–Crippen LogP) is 0.480. The number of carbonyl (C=O) groups excluding carboxylic acids is 1. The lowest BCUT2D eigenvalue weighted by Gasteiger charge is -2.23. The van der Waals surface area contributed by atoms with E-state index in [1.807, 2.05) is 19.0 Å². The fraction of sp³-hybridized carbons (Fsp3) is 0.800. The highest BCUT2D eigenvalue weighted by Crippen LogP contribution is 2.07. The number of hydrogen-bond acceptors (Lipinski definition) is 4. The summed E-state index contributed by atoms with van der Waals surface area (Å²) in [6.07, 6.45) is 0.502. The van der Waals surface area contributed by atoms with Crippen LogP contribution < -0.4 is 0 Å². The van der Waals surface area contributed by atoms with Gasteiger partial charge in [-0.3, -0.25) is 4.90 Å². The molecule has 0 aliphatic rings. The fourth-order valence-corrected chi connectivity index (χ4v) is 1.35. The molecule has 94 valence electrons. The van der Waals surface area contributed by atoms with Crippen molar-refractivity contribution in [1.82, 2.24) is 9.80 Å². The average Bonchev–Trinajstić information content (AvgIpc) is 2.21. The van der Waals surface area contributed by atoms with Gasteiger partial charge in [-0.1, -0.05) is 0 Å². The first-order valence-electron chi connectivity index (χ1n) is 5.08. The van der Waals surface area contributed by atoms with Crippen LogP contribution in [0.5, 0.6) is 0 Å². The van der Waals surface area contributed by atoms with E-state index in [-0.39, 0.29) is 0 Å². The number of ether oxygens (including phenoxy) is 1. The number of rotatable bonds is 6. The summed E-state index contributed by atoms with van der Waals surface area (Å²) >= 11 is 0. The zero-order valence-electron chi connectivity index (χ0n) is 10.3. The molecule has 1 N–H and O–H groups in total. The number of aliphatic carboxylic acids is 1. The Kier molecular flexibility index (Phi) is 6.48. The number of carboxylic acid groups (broad SMARTS) is 1. The molecule has 0 aliphatic heterocycles. The van der Waals surface area contributed by atoms with Crippen LogP contribution in [-0.4, -0.2) is 67.8 Å². The highest BCUT2D eigenvalue weighted by atomic mass is 16.5. The molecule has 0 saturated carbocycles. The number of hydrogen-bond donors (Lipinski definition) is 1. The topological polar surface area (TPSA) is 70.1 Å². The predicted molar refractivity (Wildman–Crippen MR) is 59.4 cm³/mol. The molecule has 0 fully saturated rings. The monoisotopic (exact) mass is 232 g/mol. The Morgan fingerprint density at radius 2 is 1.88 bits per heavy atom. The van der Waals surface area contributed by atoms with Gasteiger partial charge < -0.3 is 14.7 Å². The largest absolute Gasteiger partial charge is 0.480 e. The molecular formula is C10H20N2O4. The van der Waals surface area contributed by atoms with Gasteiger partial charge in [0, 0.05) is 7.05 Å². The number of nitrogens with zero attached hydrogens (tertiary/aromatic N) is 2. The third kappa shape index (κ3) is 4.97. The number of carbonyl (C=O) groups is 2. The number of likely N-dealkylation sites (N-methyl/N-ethyl adjacent to an activating group) is 1. The Bertz CT molecular complexity index is 243. The lowest BCUT2D eigenvalue weighted by molar-refractivity contribution is -0.142. The van der Waals surface area contributed by atoms with Crippen LogP contribution in [0.3, 0.4) is 0 Å². The summed E-state index contributed by atoms with van der Waals surface area (Å²) in [7, 11) is 6.50. The maximum atomic E-state index is 11.2. The summed E-state index contributed by atoms with van der Waals surface area (Å²) in [5.41, 5.74) is 0. The molecule has 0 saturated heterocycles. The minimum Gasteiger partial charge on any atom is -0.480 e. The Morgan fingerprint density at radius 1 is 1.31 bits per heavy atom. The molecule has 0 aliphatic carbocycles. The number of methoxy groups -OCH3 is 1. The second kappa shape index (κ2) is 7.05. The molecule has 0 aromatic rings. The average molecular weight is 232 g/mol. The Hall–Kier alpha value is -1.30. The summed E-state index contributed by atoms with van der Waals surface area (Å²) in [6.45, 7) is 0.790. The Balaban J connectivity index is 4.27. The van der Waals surface area contributed by atoms with Gasteiger partial charge in [0.05, 0.1) is 7.11 Å². The summed E-state index contributed by atoms with van der Waals surface area (Å²) in [4.78, 5) is 25.2. The van der Waals surface area contributed by atoms with Crippen molar-refractivity contribution in [2.75, 3.05) is 34.8 Å². The molecule has 0 aromatic carbocycles. The van der Waals surface area contributed by atoms with Gasteiger partial charge in [0.15, 0.2) is 0 Å². The minimum absolute atomic E-state index is 0.416. The van der Waals surface area contributed by atoms with Gasteiger partial charge in [-0.05, 0) is 33.5 Å². The molecule has 0 unspecified atom stereocenters. The fourth-order valence-electron chi connectivity index (χ4n) is 1.35. The Morgan fingerprint density at radius 3 is 2.25 bits per heavy atom. The van der Waals surface area contributed by atoms with Crippen LogP contribution in [0.2, 0.25) is 0 Å². The van der Waals surface area contributed by atoms with Crippen LogP contribution in [0.4, 0.5) is 4.79 Å². The van der Waals surface area contributed by atoms with Gasteiger partial charge in [-0.15, -0.1) is 0 Å². The van der Waals surface area contributed by atoms with Crippen molar-refractivity contribution in [3.8, 4) is 0 Å². The van der Waals surface area contributed by atoms with Crippen molar-refractivity contribution in [1.29, 1.82) is 0 Å². The van der Waals surface area contributed by atoms with Crippen molar-refractivity contribution in [2.45, 2.75) is 18.9 Å². The van der Waals surface area contributed by atoms with E-state index in [1.54, 1.807) is 0 Å². The molecule has 0 bridgehead atoms. The SMILES string of the molecule is COC(=O)N(C)[C@@H](CCCN(C)C)C(=O)O. The normalized spacial score (nSPS) is 12.3. The van der Waals surface area contributed by atoms with Gasteiger partial charge in [0.25, 0.3) is 0 Å². The van der Waals surface area contributed by atoms with E-state index in [0.29, 0.717) is 12.8 Å². The second-order valence-corrected chi connectivity index (χ2v) is 3.88. The van der Waals surface area contributed by atoms with Crippen molar-refractivity contribution >= 4 is 12.1 Å². The first-order chi connectivity index (χ1) is 7.40. The third-order valence-corrected chi connectivity index (χ3v) is 2.30. The first-order valence-corrected chi connectivity index (χ1v) is 5.08. The molecule has 1 atom stereocenters. The molecule has 16 heavy (non-hydrogen) atoms. The molecule has 0 heterocycles. The second-order valence-electron chi connectivity index (χ2n) is 3.88. The van der Waals surface area contributed by atoms with Crippen molar-refractivity contribution < 1.29 is 19.4 Å². The maximum absolute atomic E-state index is 11.2. The Labute approximate surface area is 95.8 Å². The van der Waals surface area contributed by atoms with E-state index in [4.69, 9.17) is 5.11 Å². The highest BCUT2D eigenvalue weighted by Gasteiger charge is 2.26. The maximum Gasteiger partial charge on any atom is 0.409 e. The van der Waals surface area contributed by atoms with E-state index >= 15 is 0 Å². The molecule has 0 rings (SSSR count). The standard InChI is InChI=1S/C10H20N2O4/c1-11(2)7-5-6-8(9(13)14)12(3)10(15)16-4/h8H,5-7H2,1-4H3,(H,13,14)/t8-/m0/s1. The minimum atomic E-state index is -1.01. The van der Waals surface area contributed by atoms with Crippen LogP contribution >= 0.6 is 0 Å². The van der Waals surface area contributed by atoms with Crippen molar-refractivity contribution in [2.24, 2.45) is 0 Å². The molecular weight excluding hydrogens is 212 g/mol. The third-order valence-electron chi connectivity index (χ3n) is 2.30. The summed E-state index contributed by atoms with van der Waals surface area (Å²) in [6, 6.07) is -0.826. The number of carboxylic acids is 1. The van der Waals surface area contributed by atoms with Gasteiger partial charge >= 0.3 is 12.1 Å². The van der Waals surface area contributed by atoms with Gasteiger partial charge in [0.1, 0.15) is 6.04 Å². The van der Waals surface area contributed by atoms with Gasteiger partial charge in [-0.2, -0.15) is 0 Å². The first kappa shape index (κ1) is 14.7. The molecule has 6 heteroatoms. The zero-order valence-corrected chi connectivity index (χ0v) is 10.3. The zero-order chi connectivity index (χ0) is 12.7. The molecule has 0 radical (unpaired) electrons. The van der Waals surface area contributed by atoms with E-state index in [1.165, 1.54) is 14.2 Å². The lowest BCUT2D eigenvalue weighted by atomic mass is 10.1. The van der Waals surface area contributed by atoms with Crippen molar-refractivity contribution in [3.63, 3.8) is 0 Å². The molecule has 0 aromatic heterocycles. The smallest absolute Gasteiger partial charge is 0.409 e. The molecule has 6 nitrogen and oxygen atoms in total. The quantitative estimate of drug-likeness (QED) is 0.721. The summed E-state index contributed by atoms with van der Waals surface area (Å²) in [5.74, 6) is -1.01. The van der Waals surface area contributed by atoms with E-state index in [9.17, 15) is 9.59 Å². The lowest BCUT2D eigenvalue weighted by Crippen LogP contribution is -2.42. The molecule has 0 spiro atoms. The summed E-state index contributed by atoms with van der Waals surface area (Å²) in [5, 5.41) is 8.99. The van der Waals surface area contributed by atoms with Crippen LogP contribution in [0.25, 0.3) is 0 Å². The van der Waals surface area contributed by atoms with Crippen LogP contribution in [0.1, 0.15) is 12.8 Å². The van der Waals surface area contributed by atoms with Gasteiger partial charge in [0.2, 0.25) is 0 Å². The van der Waals surface area contributed by atoms with Crippen LogP contribution in [-0.2, 0) is 9.53 Å². The van der Waals surface area contributed by atoms with E-state index in [2.05, 4.69) is 4.74 Å². The van der Waals surface area contributed by atoms with Crippen molar-refractivity contribution in [3.05, 3.63) is 0 Å². The van der Waals surface area contributed by atoms with E-state index < -0.39 is 18.1 Å². The van der Waals surface area contributed by atoms with Gasteiger partial charge in [-0.25, -0.2) is 9.59 Å². The summed E-state index contributed by atoms with van der Waals surface area (Å²) < 4.78 is 4.48. The van der Waals surface area contributed by atoms with Crippen LogP contribution in [0.15, 0.2) is 0 Å². The highest BCUT2D eigenvalue weighted by molar-refractivity contribution is 5.79. The van der Waals surface area contributed by atoms with Crippen LogP contribution in [0, 0.1) is 0 Å². The molecule has 1 amide bonds.